The minimum atomic E-state index is 1.16. The van der Waals surface area contributed by atoms with Crippen LogP contribution < -0.4 is 0 Å². The van der Waals surface area contributed by atoms with Crippen molar-refractivity contribution in [1.82, 2.24) is 0 Å². The second-order valence-electron chi connectivity index (χ2n) is 7.08. The Kier molecular flexibility index (Phi) is 21.0. The summed E-state index contributed by atoms with van der Waals surface area (Å²) < 4.78 is 0. The van der Waals surface area contributed by atoms with Crippen LogP contribution in [0.1, 0.15) is 122 Å². The van der Waals surface area contributed by atoms with Crippen LogP contribution >= 0.6 is 0 Å². The van der Waals surface area contributed by atoms with Crippen LogP contribution in [0.2, 0.25) is 0 Å². The number of allylic oxidation sites excluding steroid dienone is 3. The van der Waals surface area contributed by atoms with Gasteiger partial charge in [0.2, 0.25) is 0 Å². The first kappa shape index (κ1) is 22.5. The summed E-state index contributed by atoms with van der Waals surface area (Å²) in [4.78, 5) is 0. The van der Waals surface area contributed by atoms with Crippen molar-refractivity contribution in [3.05, 3.63) is 24.8 Å². The van der Waals surface area contributed by atoms with Gasteiger partial charge in [-0.25, -0.2) is 0 Å². The number of hydrogen-bond donors (Lipinski definition) is 0. The Morgan fingerprint density at radius 2 is 0.870 bits per heavy atom. The Hall–Kier alpha value is -0.520. The molecule has 0 spiro atoms. The minimum Gasteiger partial charge on any atom is -0.103 e. The number of rotatable bonds is 19. The predicted octanol–water partition coefficient (Wildman–Crippen LogP) is 8.77. The first-order chi connectivity index (χ1) is 11.4. The van der Waals surface area contributed by atoms with Crippen LogP contribution in [0.4, 0.5) is 0 Å². The summed E-state index contributed by atoms with van der Waals surface area (Å²) in [5.74, 6) is 0. The molecule has 0 fully saturated rings. The van der Waals surface area contributed by atoms with E-state index in [1.54, 1.807) is 0 Å². The zero-order chi connectivity index (χ0) is 16.8. The fourth-order valence-corrected chi connectivity index (χ4v) is 3.07. The fraction of sp³-hybridized carbons (Fsp3) is 0.826. The summed E-state index contributed by atoms with van der Waals surface area (Å²) >= 11 is 0. The van der Waals surface area contributed by atoms with Gasteiger partial charge in [0.05, 0.1) is 0 Å². The SMILES string of the molecule is C=CCCCC=CCCCCCCCCCCCCCCCC. The zero-order valence-electron chi connectivity index (χ0n) is 16.2. The van der Waals surface area contributed by atoms with Gasteiger partial charge in [0.25, 0.3) is 0 Å². The van der Waals surface area contributed by atoms with Crippen molar-refractivity contribution in [1.29, 1.82) is 0 Å². The maximum absolute atomic E-state index is 3.75. The van der Waals surface area contributed by atoms with E-state index in [4.69, 9.17) is 0 Å². The summed E-state index contributed by atoms with van der Waals surface area (Å²) in [5, 5.41) is 0. The molecule has 23 heavy (non-hydrogen) atoms. The topological polar surface area (TPSA) is 0 Å². The third-order valence-corrected chi connectivity index (χ3v) is 4.67. The molecule has 0 aromatic heterocycles. The van der Waals surface area contributed by atoms with E-state index in [0.717, 1.165) is 6.42 Å². The molecule has 0 unspecified atom stereocenters. The van der Waals surface area contributed by atoms with E-state index in [0.29, 0.717) is 0 Å². The van der Waals surface area contributed by atoms with Gasteiger partial charge in [-0.15, -0.1) is 6.58 Å². The molecule has 0 bridgehead atoms. The van der Waals surface area contributed by atoms with Crippen molar-refractivity contribution >= 4 is 0 Å². The van der Waals surface area contributed by atoms with Crippen LogP contribution in [0, 0.1) is 0 Å². The summed E-state index contributed by atoms with van der Waals surface area (Å²) in [5.41, 5.74) is 0. The largest absolute Gasteiger partial charge is 0.103 e. The van der Waals surface area contributed by atoms with E-state index in [1.807, 2.05) is 6.08 Å². The summed E-state index contributed by atoms with van der Waals surface area (Å²) in [7, 11) is 0. The predicted molar refractivity (Wildman–Crippen MR) is 108 cm³/mol. The quantitative estimate of drug-likeness (QED) is 0.165. The molecule has 0 saturated carbocycles. The summed E-state index contributed by atoms with van der Waals surface area (Å²) in [6, 6.07) is 0. The number of hydrogen-bond acceptors (Lipinski definition) is 0. The van der Waals surface area contributed by atoms with E-state index >= 15 is 0 Å². The Labute approximate surface area is 147 Å². The first-order valence-corrected chi connectivity index (χ1v) is 10.7. The van der Waals surface area contributed by atoms with Crippen LogP contribution in [-0.2, 0) is 0 Å². The molecule has 0 aliphatic rings. The average molecular weight is 321 g/mol. The molecule has 0 atom stereocenters. The molecule has 0 N–H and O–H groups in total. The van der Waals surface area contributed by atoms with Crippen LogP contribution in [0.5, 0.6) is 0 Å². The van der Waals surface area contributed by atoms with Crippen molar-refractivity contribution in [3.63, 3.8) is 0 Å². The molecule has 0 saturated heterocycles. The third kappa shape index (κ3) is 21.5. The molecule has 0 aromatic rings. The van der Waals surface area contributed by atoms with E-state index < -0.39 is 0 Å². The normalized spacial score (nSPS) is 11.3. The zero-order valence-corrected chi connectivity index (χ0v) is 16.2. The van der Waals surface area contributed by atoms with Crippen LogP contribution in [0.15, 0.2) is 24.8 Å². The van der Waals surface area contributed by atoms with Crippen molar-refractivity contribution in [2.45, 2.75) is 122 Å². The molecule has 0 nitrogen and oxygen atoms in total. The van der Waals surface area contributed by atoms with Gasteiger partial charge in [0.1, 0.15) is 0 Å². The third-order valence-electron chi connectivity index (χ3n) is 4.67. The lowest BCUT2D eigenvalue weighted by Gasteiger charge is -2.02. The van der Waals surface area contributed by atoms with Gasteiger partial charge in [-0.3, -0.25) is 0 Å². The van der Waals surface area contributed by atoms with Gasteiger partial charge in [0, 0.05) is 0 Å². The van der Waals surface area contributed by atoms with Crippen molar-refractivity contribution < 1.29 is 0 Å². The Morgan fingerprint density at radius 3 is 1.30 bits per heavy atom. The Morgan fingerprint density at radius 1 is 0.478 bits per heavy atom. The van der Waals surface area contributed by atoms with Crippen LogP contribution in [0.25, 0.3) is 0 Å². The lowest BCUT2D eigenvalue weighted by molar-refractivity contribution is 0.536. The minimum absolute atomic E-state index is 1.16. The highest BCUT2D eigenvalue weighted by atomic mass is 14.0. The van der Waals surface area contributed by atoms with Gasteiger partial charge in [-0.05, 0) is 32.1 Å². The summed E-state index contributed by atoms with van der Waals surface area (Å²) in [6.45, 7) is 6.05. The molecule has 136 valence electrons. The maximum Gasteiger partial charge on any atom is -0.0348 e. The molecule has 0 rings (SSSR count). The van der Waals surface area contributed by atoms with Crippen LogP contribution in [-0.4, -0.2) is 0 Å². The van der Waals surface area contributed by atoms with Gasteiger partial charge in [-0.1, -0.05) is 109 Å². The fourth-order valence-electron chi connectivity index (χ4n) is 3.07. The van der Waals surface area contributed by atoms with Gasteiger partial charge >= 0.3 is 0 Å². The molecular weight excluding hydrogens is 276 g/mol. The van der Waals surface area contributed by atoms with E-state index in [2.05, 4.69) is 25.7 Å². The van der Waals surface area contributed by atoms with Crippen molar-refractivity contribution in [2.75, 3.05) is 0 Å². The molecule has 0 heterocycles. The van der Waals surface area contributed by atoms with E-state index in [1.165, 1.54) is 109 Å². The van der Waals surface area contributed by atoms with E-state index in [9.17, 15) is 0 Å². The maximum atomic E-state index is 3.75. The second kappa shape index (κ2) is 21.5. The molecular formula is C23H44. The lowest BCUT2D eigenvalue weighted by Crippen LogP contribution is -1.83. The van der Waals surface area contributed by atoms with Crippen molar-refractivity contribution in [2.24, 2.45) is 0 Å². The van der Waals surface area contributed by atoms with Crippen molar-refractivity contribution in [3.8, 4) is 0 Å². The molecule has 0 aliphatic heterocycles. The highest BCUT2D eigenvalue weighted by Gasteiger charge is 1.93. The Balaban J connectivity index is 3.01. The molecule has 0 aliphatic carbocycles. The smallest absolute Gasteiger partial charge is 0.0348 e. The monoisotopic (exact) mass is 320 g/mol. The molecule has 0 aromatic carbocycles. The Bertz CT molecular complexity index is 238. The van der Waals surface area contributed by atoms with Gasteiger partial charge in [0.15, 0.2) is 0 Å². The van der Waals surface area contributed by atoms with Crippen LogP contribution in [0.3, 0.4) is 0 Å². The highest BCUT2D eigenvalue weighted by molar-refractivity contribution is 4.82. The average Bonchev–Trinajstić information content (AvgIpc) is 2.57. The van der Waals surface area contributed by atoms with Gasteiger partial charge < -0.3 is 0 Å². The number of unbranched alkanes of at least 4 members (excludes halogenated alkanes) is 16. The van der Waals surface area contributed by atoms with E-state index in [-0.39, 0.29) is 0 Å². The molecule has 0 amide bonds. The second-order valence-corrected chi connectivity index (χ2v) is 7.08. The highest BCUT2D eigenvalue weighted by Crippen LogP contribution is 2.13. The molecule has 0 radical (unpaired) electrons. The van der Waals surface area contributed by atoms with Gasteiger partial charge in [-0.2, -0.15) is 0 Å². The summed E-state index contributed by atoms with van der Waals surface area (Å²) in [6.07, 6.45) is 32.0. The lowest BCUT2D eigenvalue weighted by atomic mass is 10.0. The first-order valence-electron chi connectivity index (χ1n) is 10.7. The standard InChI is InChI=1S/C23H44/c1-3-5-7-9-11-13-15-17-19-21-23-22-20-18-16-14-12-10-8-6-4-2/h3,11,13H,1,4-10,12,14-23H2,2H3. The molecule has 0 heteroatoms.